The maximum atomic E-state index is 12.7. The zero-order valence-electron chi connectivity index (χ0n) is 10.1. The van der Waals surface area contributed by atoms with Crippen LogP contribution in [0.3, 0.4) is 0 Å². The zero-order chi connectivity index (χ0) is 14.2. The third-order valence-corrected chi connectivity index (χ3v) is 3.58. The summed E-state index contributed by atoms with van der Waals surface area (Å²) in [6, 6.07) is 2.03. The third-order valence-electron chi connectivity index (χ3n) is 2.36. The van der Waals surface area contributed by atoms with Crippen LogP contribution in [0, 0.1) is 0 Å². The summed E-state index contributed by atoms with van der Waals surface area (Å²) in [5, 5.41) is 2.31. The van der Waals surface area contributed by atoms with E-state index in [-0.39, 0.29) is 5.02 Å². The highest BCUT2D eigenvalue weighted by Crippen LogP contribution is 2.41. The quantitative estimate of drug-likeness (QED) is 0.575. The van der Waals surface area contributed by atoms with Crippen LogP contribution in [0.25, 0.3) is 10.1 Å². The Hall–Kier alpha value is -1.27. The topological polar surface area (TPSA) is 15.6 Å². The first-order valence-electron chi connectivity index (χ1n) is 5.27. The van der Waals surface area contributed by atoms with E-state index in [2.05, 4.69) is 4.99 Å². The van der Waals surface area contributed by atoms with Gasteiger partial charge < -0.3 is 4.90 Å². The monoisotopic (exact) mass is 306 g/mol. The molecule has 7 heteroatoms. The van der Waals surface area contributed by atoms with Crippen LogP contribution >= 0.6 is 22.9 Å². The highest BCUT2D eigenvalue weighted by atomic mass is 35.5. The van der Waals surface area contributed by atoms with E-state index in [1.807, 2.05) is 0 Å². The van der Waals surface area contributed by atoms with E-state index in [0.717, 1.165) is 12.1 Å². The molecule has 2 nitrogen and oxygen atoms in total. The number of benzene rings is 1. The lowest BCUT2D eigenvalue weighted by Gasteiger charge is -2.08. The van der Waals surface area contributed by atoms with Crippen molar-refractivity contribution >= 4 is 45.0 Å². The summed E-state index contributed by atoms with van der Waals surface area (Å²) in [6.45, 7) is 0. The highest BCUT2D eigenvalue weighted by Gasteiger charge is 2.31. The smallest absolute Gasteiger partial charge is 0.369 e. The van der Waals surface area contributed by atoms with Crippen molar-refractivity contribution in [2.45, 2.75) is 6.18 Å². The van der Waals surface area contributed by atoms with Gasteiger partial charge in [-0.2, -0.15) is 13.2 Å². The number of fused-ring (bicyclic) bond motifs is 1. The predicted octanol–water partition coefficient (Wildman–Crippen LogP) is 4.79. The lowest BCUT2D eigenvalue weighted by molar-refractivity contribution is -0.137. The van der Waals surface area contributed by atoms with Gasteiger partial charge in [0.1, 0.15) is 0 Å². The Morgan fingerprint density at radius 3 is 2.58 bits per heavy atom. The van der Waals surface area contributed by atoms with Gasteiger partial charge in [0.25, 0.3) is 0 Å². The molecule has 1 aromatic carbocycles. The summed E-state index contributed by atoms with van der Waals surface area (Å²) < 4.78 is 38.5. The SMILES string of the molecule is CN(C)C=Nc1csc2cc(C(F)(F)F)cc(Cl)c12. The molecule has 0 unspecified atom stereocenters. The molecule has 0 fully saturated rings. The summed E-state index contributed by atoms with van der Waals surface area (Å²) in [4.78, 5) is 5.93. The number of aliphatic imine (C=N–C) groups is 1. The van der Waals surface area contributed by atoms with Gasteiger partial charge >= 0.3 is 6.18 Å². The Morgan fingerprint density at radius 2 is 2.00 bits per heavy atom. The maximum absolute atomic E-state index is 12.7. The molecule has 19 heavy (non-hydrogen) atoms. The molecule has 0 N–H and O–H groups in total. The highest BCUT2D eigenvalue weighted by molar-refractivity contribution is 7.18. The predicted molar refractivity (Wildman–Crippen MR) is 73.7 cm³/mol. The standard InChI is InChI=1S/C12H10ClF3N2S/c1-18(2)6-17-9-5-19-10-4-7(12(14,15)16)3-8(13)11(9)10/h3-6H,1-2H3. The molecule has 0 bridgehead atoms. The zero-order valence-corrected chi connectivity index (χ0v) is 11.7. The number of alkyl halides is 3. The summed E-state index contributed by atoms with van der Waals surface area (Å²) in [7, 11) is 3.61. The first-order valence-corrected chi connectivity index (χ1v) is 6.53. The Labute approximate surface area is 117 Å². The van der Waals surface area contributed by atoms with Crippen molar-refractivity contribution < 1.29 is 13.2 Å². The van der Waals surface area contributed by atoms with E-state index in [0.29, 0.717) is 15.8 Å². The van der Waals surface area contributed by atoms with E-state index < -0.39 is 11.7 Å². The van der Waals surface area contributed by atoms with Crippen molar-refractivity contribution in [3.05, 3.63) is 28.1 Å². The van der Waals surface area contributed by atoms with Crippen LogP contribution in [-0.4, -0.2) is 25.3 Å². The minimum absolute atomic E-state index is 0.0666. The molecule has 0 aliphatic rings. The van der Waals surface area contributed by atoms with E-state index in [1.54, 1.807) is 30.7 Å². The number of hydrogen-bond donors (Lipinski definition) is 0. The number of nitrogens with zero attached hydrogens (tertiary/aromatic N) is 2. The molecule has 0 saturated carbocycles. The Balaban J connectivity index is 2.56. The van der Waals surface area contributed by atoms with Gasteiger partial charge in [0.05, 0.1) is 22.6 Å². The second-order valence-corrected chi connectivity index (χ2v) is 5.48. The number of thiophene rings is 1. The Kier molecular flexibility index (Phi) is 3.73. The second kappa shape index (κ2) is 5.02. The van der Waals surface area contributed by atoms with Crippen LogP contribution in [-0.2, 0) is 6.18 Å². The summed E-state index contributed by atoms with van der Waals surface area (Å²) in [5.41, 5.74) is -0.164. The number of halogens is 4. The molecule has 0 spiro atoms. The molecule has 1 heterocycles. The Morgan fingerprint density at radius 1 is 1.32 bits per heavy atom. The van der Waals surface area contributed by atoms with Crippen LogP contribution in [0.15, 0.2) is 22.5 Å². The molecule has 2 aromatic rings. The molecular formula is C12H10ClF3N2S. The molecule has 1 aromatic heterocycles. The van der Waals surface area contributed by atoms with Gasteiger partial charge in [-0.25, -0.2) is 4.99 Å². The molecule has 2 rings (SSSR count). The van der Waals surface area contributed by atoms with Crippen LogP contribution < -0.4 is 0 Å². The lowest BCUT2D eigenvalue weighted by Crippen LogP contribution is -2.06. The van der Waals surface area contributed by atoms with Crippen molar-refractivity contribution in [3.63, 3.8) is 0 Å². The first kappa shape index (κ1) is 14.1. The van der Waals surface area contributed by atoms with E-state index >= 15 is 0 Å². The van der Waals surface area contributed by atoms with Gasteiger partial charge in [0, 0.05) is 29.6 Å². The van der Waals surface area contributed by atoms with Crippen molar-refractivity contribution in [1.82, 2.24) is 4.90 Å². The summed E-state index contributed by atoms with van der Waals surface area (Å²) in [6.07, 6.45) is -2.82. The Bertz CT molecular complexity index is 632. The molecule has 0 aliphatic carbocycles. The average molecular weight is 307 g/mol. The summed E-state index contributed by atoms with van der Waals surface area (Å²) in [5.74, 6) is 0. The van der Waals surface area contributed by atoms with Gasteiger partial charge in [-0.3, -0.25) is 0 Å². The molecule has 102 valence electrons. The molecule has 0 aliphatic heterocycles. The number of rotatable bonds is 2. The lowest BCUT2D eigenvalue weighted by atomic mass is 10.1. The average Bonchev–Trinajstić information content (AvgIpc) is 2.68. The largest absolute Gasteiger partial charge is 0.416 e. The van der Waals surface area contributed by atoms with Crippen LogP contribution in [0.2, 0.25) is 5.02 Å². The van der Waals surface area contributed by atoms with Gasteiger partial charge in [-0.05, 0) is 12.1 Å². The van der Waals surface area contributed by atoms with E-state index in [1.165, 1.54) is 11.3 Å². The molecule has 0 radical (unpaired) electrons. The number of hydrogen-bond acceptors (Lipinski definition) is 2. The fourth-order valence-electron chi connectivity index (χ4n) is 1.54. The molecular weight excluding hydrogens is 297 g/mol. The molecule has 0 amide bonds. The van der Waals surface area contributed by atoms with Gasteiger partial charge in [0.15, 0.2) is 0 Å². The van der Waals surface area contributed by atoms with Crippen LogP contribution in [0.4, 0.5) is 18.9 Å². The molecule has 0 saturated heterocycles. The van der Waals surface area contributed by atoms with E-state index in [4.69, 9.17) is 11.6 Å². The van der Waals surface area contributed by atoms with Crippen molar-refractivity contribution in [2.75, 3.05) is 14.1 Å². The van der Waals surface area contributed by atoms with Crippen molar-refractivity contribution in [3.8, 4) is 0 Å². The maximum Gasteiger partial charge on any atom is 0.416 e. The fourth-order valence-corrected chi connectivity index (χ4v) is 2.85. The summed E-state index contributed by atoms with van der Waals surface area (Å²) >= 11 is 7.14. The second-order valence-electron chi connectivity index (χ2n) is 4.16. The van der Waals surface area contributed by atoms with Gasteiger partial charge in [0.2, 0.25) is 0 Å². The minimum atomic E-state index is -4.39. The minimum Gasteiger partial charge on any atom is -0.369 e. The third kappa shape index (κ3) is 3.01. The fraction of sp³-hybridized carbons (Fsp3) is 0.250. The molecule has 0 atom stereocenters. The van der Waals surface area contributed by atoms with E-state index in [9.17, 15) is 13.2 Å². The van der Waals surface area contributed by atoms with Crippen LogP contribution in [0.1, 0.15) is 5.56 Å². The first-order chi connectivity index (χ1) is 8.79. The van der Waals surface area contributed by atoms with Crippen molar-refractivity contribution in [1.29, 1.82) is 0 Å². The normalized spacial score (nSPS) is 12.5. The van der Waals surface area contributed by atoms with Gasteiger partial charge in [-0.1, -0.05) is 11.6 Å². The van der Waals surface area contributed by atoms with Crippen molar-refractivity contribution in [2.24, 2.45) is 4.99 Å². The van der Waals surface area contributed by atoms with Gasteiger partial charge in [-0.15, -0.1) is 11.3 Å². The van der Waals surface area contributed by atoms with Crippen LogP contribution in [0.5, 0.6) is 0 Å².